The summed E-state index contributed by atoms with van der Waals surface area (Å²) in [6.45, 7) is 6.40. The van der Waals surface area contributed by atoms with Crippen molar-refractivity contribution in [3.8, 4) is 0 Å². The van der Waals surface area contributed by atoms with Gasteiger partial charge in [0.15, 0.2) is 5.17 Å². The summed E-state index contributed by atoms with van der Waals surface area (Å²) >= 11 is 3.06. The zero-order valence-electron chi connectivity index (χ0n) is 16.3. The maximum absolute atomic E-state index is 12.7. The van der Waals surface area contributed by atoms with Crippen molar-refractivity contribution in [3.05, 3.63) is 55.9 Å². The first kappa shape index (κ1) is 19.2. The highest BCUT2D eigenvalue weighted by Crippen LogP contribution is 2.35. The average Bonchev–Trinajstić information content (AvgIpc) is 3.00. The number of thioether (sulfide) groups is 1. The number of aromatic nitrogens is 2. The smallest absolute Gasteiger partial charge is 0.259 e. The third-order valence-corrected chi connectivity index (χ3v) is 7.25. The molecular weight excluding hydrogens is 388 g/mol. The average molecular weight is 413 g/mol. The van der Waals surface area contributed by atoms with Crippen molar-refractivity contribution in [3.63, 3.8) is 0 Å². The van der Waals surface area contributed by atoms with Crippen LogP contribution in [0, 0.1) is 19.8 Å². The molecule has 4 rings (SSSR count). The van der Waals surface area contributed by atoms with Crippen LogP contribution < -0.4 is 11.3 Å². The molecule has 1 aliphatic rings. The summed E-state index contributed by atoms with van der Waals surface area (Å²) in [4.78, 5) is 26.9. The van der Waals surface area contributed by atoms with Crippen LogP contribution in [-0.4, -0.2) is 15.1 Å². The highest BCUT2D eigenvalue weighted by Gasteiger charge is 2.23. The lowest BCUT2D eigenvalue weighted by atomic mass is 9.89. The minimum Gasteiger partial charge on any atom is -0.378 e. The molecule has 0 saturated heterocycles. The fraction of sp³-hybridized carbons (Fsp3) is 0.381. The number of nitrogens with two attached hydrogens (primary N) is 1. The Hall–Kier alpha value is -2.12. The molecular formula is C21H24N4OS2. The minimum absolute atomic E-state index is 0.0303. The van der Waals surface area contributed by atoms with Crippen molar-refractivity contribution in [1.82, 2.24) is 9.97 Å². The lowest BCUT2D eigenvalue weighted by Gasteiger charge is -2.17. The van der Waals surface area contributed by atoms with E-state index in [4.69, 9.17) is 10.7 Å². The Morgan fingerprint density at radius 3 is 3.00 bits per heavy atom. The van der Waals surface area contributed by atoms with Gasteiger partial charge in [-0.2, -0.15) is 0 Å². The van der Waals surface area contributed by atoms with E-state index in [-0.39, 0.29) is 5.56 Å². The van der Waals surface area contributed by atoms with Crippen molar-refractivity contribution >= 4 is 44.2 Å². The van der Waals surface area contributed by atoms with E-state index in [0.29, 0.717) is 22.7 Å². The van der Waals surface area contributed by atoms with Crippen molar-refractivity contribution < 1.29 is 0 Å². The van der Waals surface area contributed by atoms with E-state index in [0.717, 1.165) is 35.2 Å². The predicted octanol–water partition coefficient (Wildman–Crippen LogP) is 4.61. The van der Waals surface area contributed by atoms with Crippen LogP contribution in [0.25, 0.3) is 10.2 Å². The van der Waals surface area contributed by atoms with Gasteiger partial charge in [-0.05, 0) is 67.9 Å². The highest BCUT2D eigenvalue weighted by molar-refractivity contribution is 8.13. The van der Waals surface area contributed by atoms with E-state index in [1.165, 1.54) is 33.3 Å². The van der Waals surface area contributed by atoms with Gasteiger partial charge in [0.25, 0.3) is 5.56 Å². The molecule has 28 heavy (non-hydrogen) atoms. The van der Waals surface area contributed by atoms with E-state index in [1.807, 2.05) is 18.2 Å². The molecule has 0 bridgehead atoms. The zero-order valence-corrected chi connectivity index (χ0v) is 18.0. The Labute approximate surface area is 172 Å². The van der Waals surface area contributed by atoms with Gasteiger partial charge < -0.3 is 10.7 Å². The molecule has 5 nitrogen and oxygen atoms in total. The van der Waals surface area contributed by atoms with Gasteiger partial charge in [-0.1, -0.05) is 24.8 Å². The molecule has 2 heterocycles. The molecule has 2 aromatic heterocycles. The molecule has 0 fully saturated rings. The summed E-state index contributed by atoms with van der Waals surface area (Å²) in [5.41, 5.74) is 10.5. The molecule has 3 N–H and O–H groups in total. The SMILES string of the molecule is Cc1ccc(N=C(N)SCc2nc3sc4c(c3c(=O)[nH]2)CC[C@H](C)C4)cc1C. The molecule has 0 saturated carbocycles. The Morgan fingerprint density at radius 1 is 1.39 bits per heavy atom. The van der Waals surface area contributed by atoms with Crippen molar-refractivity contribution in [2.45, 2.75) is 45.8 Å². The standard InChI is InChI=1S/C21H24N4OS2/c1-11-4-7-15-16(8-11)28-20-18(15)19(26)24-17(25-20)10-27-21(22)23-14-6-5-12(2)13(3)9-14/h5-6,9,11H,4,7-8,10H2,1-3H3,(H2,22,23)(H,24,25,26)/t11-/m0/s1. The van der Waals surface area contributed by atoms with Crippen LogP contribution in [0.3, 0.4) is 0 Å². The molecule has 1 atom stereocenters. The van der Waals surface area contributed by atoms with Gasteiger partial charge in [-0.15, -0.1) is 11.3 Å². The first-order valence-corrected chi connectivity index (χ1v) is 11.3. The van der Waals surface area contributed by atoms with E-state index in [9.17, 15) is 4.79 Å². The molecule has 3 aromatic rings. The van der Waals surface area contributed by atoms with E-state index >= 15 is 0 Å². The lowest BCUT2D eigenvalue weighted by Crippen LogP contribution is -2.15. The maximum Gasteiger partial charge on any atom is 0.259 e. The van der Waals surface area contributed by atoms with Gasteiger partial charge in [0.1, 0.15) is 10.7 Å². The molecule has 1 aromatic carbocycles. The number of nitrogens with one attached hydrogen (secondary N) is 1. The molecule has 0 amide bonds. The number of hydrogen-bond acceptors (Lipinski definition) is 5. The third-order valence-electron chi connectivity index (χ3n) is 5.30. The number of nitrogens with zero attached hydrogens (tertiary/aromatic N) is 2. The van der Waals surface area contributed by atoms with Crippen LogP contribution in [0.5, 0.6) is 0 Å². The topological polar surface area (TPSA) is 84.1 Å². The van der Waals surface area contributed by atoms with Crippen molar-refractivity contribution in [2.75, 3.05) is 0 Å². The molecule has 146 valence electrons. The normalized spacial score (nSPS) is 17.1. The first-order chi connectivity index (χ1) is 13.4. The monoisotopic (exact) mass is 412 g/mol. The summed E-state index contributed by atoms with van der Waals surface area (Å²) in [5, 5.41) is 1.25. The second kappa shape index (κ2) is 7.72. The Balaban J connectivity index is 1.54. The van der Waals surface area contributed by atoms with Gasteiger partial charge in [-0.25, -0.2) is 9.98 Å². The minimum atomic E-state index is -0.0303. The summed E-state index contributed by atoms with van der Waals surface area (Å²) in [6.07, 6.45) is 3.17. The quantitative estimate of drug-likeness (QED) is 0.486. The second-order valence-electron chi connectivity index (χ2n) is 7.55. The number of aliphatic imine (C=N–C) groups is 1. The van der Waals surface area contributed by atoms with Crippen LogP contribution in [0.2, 0.25) is 0 Å². The summed E-state index contributed by atoms with van der Waals surface area (Å²) in [5.74, 6) is 1.81. The Bertz CT molecular complexity index is 1130. The number of hydrogen-bond donors (Lipinski definition) is 2. The van der Waals surface area contributed by atoms with Gasteiger partial charge >= 0.3 is 0 Å². The Morgan fingerprint density at radius 2 is 2.21 bits per heavy atom. The highest BCUT2D eigenvalue weighted by atomic mass is 32.2. The predicted molar refractivity (Wildman–Crippen MR) is 120 cm³/mol. The van der Waals surface area contributed by atoms with Gasteiger partial charge in [0, 0.05) is 4.88 Å². The Kier molecular flexibility index (Phi) is 5.29. The molecule has 0 radical (unpaired) electrons. The van der Waals surface area contributed by atoms with Gasteiger partial charge in [0.05, 0.1) is 16.8 Å². The fourth-order valence-corrected chi connectivity index (χ4v) is 5.55. The number of rotatable bonds is 3. The number of aryl methyl sites for hydroxylation is 3. The summed E-state index contributed by atoms with van der Waals surface area (Å²) in [7, 11) is 0. The molecule has 0 spiro atoms. The van der Waals surface area contributed by atoms with Gasteiger partial charge in [-0.3, -0.25) is 4.79 Å². The lowest BCUT2D eigenvalue weighted by molar-refractivity contribution is 0.509. The van der Waals surface area contributed by atoms with Crippen molar-refractivity contribution in [2.24, 2.45) is 16.6 Å². The van der Waals surface area contributed by atoms with Crippen LogP contribution in [0.15, 0.2) is 28.0 Å². The van der Waals surface area contributed by atoms with Crippen LogP contribution in [0.4, 0.5) is 5.69 Å². The first-order valence-electron chi connectivity index (χ1n) is 9.48. The number of H-pyrrole nitrogens is 1. The largest absolute Gasteiger partial charge is 0.378 e. The summed E-state index contributed by atoms with van der Waals surface area (Å²) in [6, 6.07) is 6.02. The number of benzene rings is 1. The molecule has 1 aliphatic carbocycles. The number of fused-ring (bicyclic) bond motifs is 3. The van der Waals surface area contributed by atoms with Crippen LogP contribution in [0.1, 0.15) is 40.7 Å². The fourth-order valence-electron chi connectivity index (χ4n) is 3.56. The second-order valence-corrected chi connectivity index (χ2v) is 9.63. The van der Waals surface area contributed by atoms with E-state index in [2.05, 4.69) is 30.7 Å². The van der Waals surface area contributed by atoms with Crippen LogP contribution >= 0.6 is 23.1 Å². The van der Waals surface area contributed by atoms with E-state index < -0.39 is 0 Å². The number of thiophene rings is 1. The van der Waals surface area contributed by atoms with E-state index in [1.54, 1.807) is 11.3 Å². The molecule has 7 heteroatoms. The molecule has 0 aliphatic heterocycles. The van der Waals surface area contributed by atoms with Crippen LogP contribution in [-0.2, 0) is 18.6 Å². The summed E-state index contributed by atoms with van der Waals surface area (Å²) < 4.78 is 0. The van der Waals surface area contributed by atoms with Crippen molar-refractivity contribution in [1.29, 1.82) is 0 Å². The number of amidine groups is 1. The third kappa shape index (κ3) is 3.86. The van der Waals surface area contributed by atoms with Gasteiger partial charge in [0.2, 0.25) is 0 Å². The molecule has 0 unspecified atom stereocenters. The maximum atomic E-state index is 12.7. The number of aromatic amines is 1. The zero-order chi connectivity index (χ0) is 19.8.